The van der Waals surface area contributed by atoms with Gasteiger partial charge in [-0.2, -0.15) is 0 Å². The van der Waals surface area contributed by atoms with E-state index in [1.54, 1.807) is 21.3 Å². The maximum Gasteiger partial charge on any atom is 0.561 e. The molecule has 0 N–H and O–H groups in total. The Morgan fingerprint density at radius 1 is 0.621 bits per heavy atom. The highest BCUT2D eigenvalue weighted by atomic mass is 35.5. The van der Waals surface area contributed by atoms with Gasteiger partial charge in [-0.25, -0.2) is 0 Å². The van der Waals surface area contributed by atoms with Crippen LogP contribution in [-0.4, -0.2) is 60.4 Å². The summed E-state index contributed by atoms with van der Waals surface area (Å²) in [4.78, 5) is 0. The summed E-state index contributed by atoms with van der Waals surface area (Å²) in [5.74, 6) is 0. The SMILES string of the molecule is CCCCCCCC[N+](C)(CCCCCCCC)C(CC)[Si](OC)(OC)OC.[Cl-]. The molecule has 0 rings (SSSR count). The van der Waals surface area contributed by atoms with E-state index in [2.05, 4.69) is 27.8 Å². The lowest BCUT2D eigenvalue weighted by atomic mass is 10.1. The standard InChI is InChI=1S/C23H52NO3Si.ClH/c1-8-11-13-15-17-19-21-24(4,22-20-18-16-14-12-9-2)23(10-3)28(25-5,26-6)27-7;/h23H,8-22H2,1-7H3;1H/q+1;/p-1. The second-order valence-corrected chi connectivity index (χ2v) is 11.7. The molecule has 4 nitrogen and oxygen atoms in total. The van der Waals surface area contributed by atoms with Crippen molar-refractivity contribution in [3.8, 4) is 0 Å². The van der Waals surface area contributed by atoms with Crippen LogP contribution >= 0.6 is 0 Å². The molecule has 0 aliphatic heterocycles. The second kappa shape index (κ2) is 19.1. The third kappa shape index (κ3) is 11.5. The number of rotatable bonds is 20. The number of quaternary nitrogens is 1. The fourth-order valence-electron chi connectivity index (χ4n) is 4.66. The zero-order valence-corrected chi connectivity index (χ0v) is 22.5. The van der Waals surface area contributed by atoms with Gasteiger partial charge in [0.2, 0.25) is 0 Å². The monoisotopic (exact) mass is 453 g/mol. The van der Waals surface area contributed by atoms with Crippen molar-refractivity contribution in [1.82, 2.24) is 0 Å². The van der Waals surface area contributed by atoms with E-state index in [1.165, 1.54) is 90.1 Å². The Kier molecular flexibility index (Phi) is 20.7. The van der Waals surface area contributed by atoms with Crippen molar-refractivity contribution < 1.29 is 30.2 Å². The maximum atomic E-state index is 5.93. The molecule has 0 amide bonds. The molecule has 0 fully saturated rings. The molecular weight excluding hydrogens is 402 g/mol. The van der Waals surface area contributed by atoms with E-state index in [4.69, 9.17) is 13.3 Å². The summed E-state index contributed by atoms with van der Waals surface area (Å²) in [6.07, 6.45) is 17.1. The van der Waals surface area contributed by atoms with Crippen LogP contribution in [0, 0.1) is 0 Å². The minimum atomic E-state index is -2.67. The molecule has 0 heterocycles. The lowest BCUT2D eigenvalue weighted by Crippen LogP contribution is -3.00. The third-order valence-electron chi connectivity index (χ3n) is 6.45. The molecule has 6 heteroatoms. The molecule has 0 spiro atoms. The van der Waals surface area contributed by atoms with Gasteiger partial charge in [-0.1, -0.05) is 72.1 Å². The average molecular weight is 454 g/mol. The first-order valence-electron chi connectivity index (χ1n) is 12.0. The zero-order chi connectivity index (χ0) is 21.3. The van der Waals surface area contributed by atoms with Gasteiger partial charge < -0.3 is 30.2 Å². The Balaban J connectivity index is 0. The number of hydrogen-bond acceptors (Lipinski definition) is 3. The summed E-state index contributed by atoms with van der Waals surface area (Å²) >= 11 is 0. The van der Waals surface area contributed by atoms with Gasteiger partial charge >= 0.3 is 8.80 Å². The molecule has 29 heavy (non-hydrogen) atoms. The first-order chi connectivity index (χ1) is 13.5. The van der Waals surface area contributed by atoms with Crippen molar-refractivity contribution in [3.05, 3.63) is 0 Å². The topological polar surface area (TPSA) is 27.7 Å². The first-order valence-corrected chi connectivity index (χ1v) is 13.8. The molecule has 0 aliphatic carbocycles. The molecule has 1 atom stereocenters. The highest BCUT2D eigenvalue weighted by Crippen LogP contribution is 2.28. The third-order valence-corrected chi connectivity index (χ3v) is 10.0. The van der Waals surface area contributed by atoms with Gasteiger partial charge in [0.15, 0.2) is 5.67 Å². The van der Waals surface area contributed by atoms with E-state index in [1.807, 2.05) is 0 Å². The van der Waals surface area contributed by atoms with Crippen molar-refractivity contribution in [1.29, 1.82) is 0 Å². The number of hydrogen-bond donors (Lipinski definition) is 0. The van der Waals surface area contributed by atoms with E-state index >= 15 is 0 Å². The Morgan fingerprint density at radius 3 is 1.28 bits per heavy atom. The van der Waals surface area contributed by atoms with Crippen LogP contribution in [0.3, 0.4) is 0 Å². The summed E-state index contributed by atoms with van der Waals surface area (Å²) in [5.41, 5.74) is 0.304. The highest BCUT2D eigenvalue weighted by Gasteiger charge is 2.56. The molecule has 0 saturated heterocycles. The summed E-state index contributed by atoms with van der Waals surface area (Å²) in [5, 5.41) is 0. The minimum absolute atomic E-state index is 0. The number of unbranched alkanes of at least 4 members (excludes halogenated alkanes) is 10. The van der Waals surface area contributed by atoms with Crippen molar-refractivity contribution in [2.75, 3.05) is 41.5 Å². The Labute approximate surface area is 190 Å². The molecule has 0 aliphatic rings. The summed E-state index contributed by atoms with van der Waals surface area (Å²) in [6.45, 7) is 9.23. The van der Waals surface area contributed by atoms with E-state index in [9.17, 15) is 0 Å². The van der Waals surface area contributed by atoms with Crippen molar-refractivity contribution in [2.45, 2.75) is 110 Å². The van der Waals surface area contributed by atoms with Crippen LogP contribution in [0.5, 0.6) is 0 Å². The largest absolute Gasteiger partial charge is 1.00 e. The van der Waals surface area contributed by atoms with Crippen LogP contribution in [-0.2, 0) is 13.3 Å². The molecule has 0 aromatic rings. The van der Waals surface area contributed by atoms with Crippen LogP contribution in [0.15, 0.2) is 0 Å². The predicted octanol–water partition coefficient (Wildman–Crippen LogP) is 3.35. The Bertz CT molecular complexity index is 333. The van der Waals surface area contributed by atoms with Crippen LogP contribution in [0.1, 0.15) is 104 Å². The van der Waals surface area contributed by atoms with Crippen molar-refractivity contribution >= 4 is 8.80 Å². The normalized spacial score (nSPS) is 13.3. The van der Waals surface area contributed by atoms with Gasteiger partial charge in [0, 0.05) is 27.8 Å². The maximum absolute atomic E-state index is 5.93. The molecule has 1 unspecified atom stereocenters. The molecule has 0 aromatic heterocycles. The van der Waals surface area contributed by atoms with E-state index < -0.39 is 8.80 Å². The predicted molar refractivity (Wildman–Crippen MR) is 124 cm³/mol. The second-order valence-electron chi connectivity index (χ2n) is 8.60. The van der Waals surface area contributed by atoms with Gasteiger partial charge in [0.1, 0.15) is 0 Å². The van der Waals surface area contributed by atoms with Gasteiger partial charge in [0.05, 0.1) is 20.1 Å². The first kappa shape index (κ1) is 31.5. The van der Waals surface area contributed by atoms with E-state index in [0.29, 0.717) is 5.67 Å². The van der Waals surface area contributed by atoms with Gasteiger partial charge in [0.25, 0.3) is 0 Å². The van der Waals surface area contributed by atoms with Crippen molar-refractivity contribution in [3.63, 3.8) is 0 Å². The smallest absolute Gasteiger partial charge is 0.561 e. The quantitative estimate of drug-likeness (QED) is 0.161. The Hall–Kier alpha value is 0.347. The summed E-state index contributed by atoms with van der Waals surface area (Å²) < 4.78 is 18.8. The molecule has 0 radical (unpaired) electrons. The van der Waals surface area contributed by atoms with E-state index in [0.717, 1.165) is 10.9 Å². The fraction of sp³-hybridized carbons (Fsp3) is 1.00. The van der Waals surface area contributed by atoms with Gasteiger partial charge in [-0.15, -0.1) is 0 Å². The molecule has 0 saturated carbocycles. The lowest BCUT2D eigenvalue weighted by Gasteiger charge is -2.46. The molecular formula is C23H52ClNO3Si. The highest BCUT2D eigenvalue weighted by molar-refractivity contribution is 6.62. The number of nitrogens with zero attached hydrogens (tertiary/aromatic N) is 1. The van der Waals surface area contributed by atoms with Gasteiger partial charge in [-0.05, 0) is 25.7 Å². The molecule has 0 bridgehead atoms. The van der Waals surface area contributed by atoms with Gasteiger partial charge in [-0.3, -0.25) is 0 Å². The number of halogens is 1. The van der Waals surface area contributed by atoms with Crippen LogP contribution < -0.4 is 12.4 Å². The van der Waals surface area contributed by atoms with Crippen LogP contribution in [0.4, 0.5) is 0 Å². The lowest BCUT2D eigenvalue weighted by molar-refractivity contribution is -0.925. The van der Waals surface area contributed by atoms with E-state index in [-0.39, 0.29) is 12.4 Å². The fourth-order valence-corrected chi connectivity index (χ4v) is 7.50. The molecule has 0 aromatic carbocycles. The van der Waals surface area contributed by atoms with Crippen LogP contribution in [0.2, 0.25) is 0 Å². The minimum Gasteiger partial charge on any atom is -1.00 e. The Morgan fingerprint density at radius 2 is 0.966 bits per heavy atom. The van der Waals surface area contributed by atoms with Crippen LogP contribution in [0.25, 0.3) is 0 Å². The molecule has 178 valence electrons. The summed E-state index contributed by atoms with van der Waals surface area (Å²) in [7, 11) is 5.05. The zero-order valence-electron chi connectivity index (χ0n) is 20.7. The summed E-state index contributed by atoms with van der Waals surface area (Å²) in [6, 6.07) is 0. The van der Waals surface area contributed by atoms with Crippen molar-refractivity contribution in [2.24, 2.45) is 0 Å². The average Bonchev–Trinajstić information content (AvgIpc) is 2.71.